The molecule has 0 amide bonds. The normalized spacial score (nSPS) is 12.1. The van der Waals surface area contributed by atoms with Gasteiger partial charge in [0.25, 0.3) is 0 Å². The maximum absolute atomic E-state index is 5.62. The minimum absolute atomic E-state index is 0.694. The second-order valence-corrected chi connectivity index (χ2v) is 3.71. The van der Waals surface area contributed by atoms with Crippen LogP contribution in [0, 0.1) is 0 Å². The summed E-state index contributed by atoms with van der Waals surface area (Å²) < 4.78 is 2.16. The van der Waals surface area contributed by atoms with E-state index in [-0.39, 0.29) is 0 Å². The van der Waals surface area contributed by atoms with Gasteiger partial charge in [-0.15, -0.1) is 11.6 Å². The predicted molar refractivity (Wildman–Crippen MR) is 60.7 cm³/mol. The quantitative estimate of drug-likeness (QED) is 0.542. The Kier molecular flexibility index (Phi) is 4.74. The number of hydrogen-bond donors (Lipinski definition) is 0. The van der Waals surface area contributed by atoms with Crippen LogP contribution < -0.4 is 0 Å². The topological polar surface area (TPSA) is 17.8 Å². The van der Waals surface area contributed by atoms with Crippen LogP contribution in [0.2, 0.25) is 0 Å². The fraction of sp³-hybridized carbons (Fsp3) is 0.545. The monoisotopic (exact) mass is 212 g/mol. The average Bonchev–Trinajstić information content (AvgIpc) is 2.62. The van der Waals surface area contributed by atoms with Crippen molar-refractivity contribution in [2.24, 2.45) is 0 Å². The number of aromatic nitrogens is 2. The lowest BCUT2D eigenvalue weighted by Gasteiger charge is -2.04. The summed E-state index contributed by atoms with van der Waals surface area (Å²) in [5.41, 5.74) is 1.34. The van der Waals surface area contributed by atoms with Gasteiger partial charge in [0.2, 0.25) is 0 Å². The molecule has 1 rings (SSSR count). The van der Waals surface area contributed by atoms with E-state index in [0.717, 1.165) is 25.2 Å². The molecular formula is C11H17ClN2. The Bertz CT molecular complexity index is 302. The highest BCUT2D eigenvalue weighted by atomic mass is 35.5. The van der Waals surface area contributed by atoms with Crippen LogP contribution in [0.15, 0.2) is 24.0 Å². The highest BCUT2D eigenvalue weighted by Crippen LogP contribution is 2.07. The van der Waals surface area contributed by atoms with E-state index in [1.165, 1.54) is 5.57 Å². The van der Waals surface area contributed by atoms with Crippen molar-refractivity contribution in [2.45, 2.75) is 33.2 Å². The molecule has 1 aromatic heterocycles. The zero-order valence-electron chi connectivity index (χ0n) is 8.83. The Morgan fingerprint density at radius 2 is 2.43 bits per heavy atom. The van der Waals surface area contributed by atoms with Gasteiger partial charge in [-0.2, -0.15) is 0 Å². The molecule has 0 saturated carbocycles. The average molecular weight is 213 g/mol. The first-order valence-corrected chi connectivity index (χ1v) is 5.53. The van der Waals surface area contributed by atoms with Gasteiger partial charge in [-0.05, 0) is 20.3 Å². The Morgan fingerprint density at radius 3 is 3.07 bits per heavy atom. The number of hydrogen-bond acceptors (Lipinski definition) is 1. The van der Waals surface area contributed by atoms with Crippen molar-refractivity contribution in [1.29, 1.82) is 0 Å². The number of alkyl halides is 1. The molecule has 0 aliphatic carbocycles. The van der Waals surface area contributed by atoms with Crippen LogP contribution in [0.3, 0.4) is 0 Å². The van der Waals surface area contributed by atoms with E-state index >= 15 is 0 Å². The van der Waals surface area contributed by atoms with Crippen molar-refractivity contribution in [3.63, 3.8) is 0 Å². The van der Waals surface area contributed by atoms with Gasteiger partial charge in [-0.1, -0.05) is 11.6 Å². The predicted octanol–water partition coefficient (Wildman–Crippen LogP) is 3.02. The van der Waals surface area contributed by atoms with Crippen LogP contribution in [0.25, 0.3) is 0 Å². The summed E-state index contributed by atoms with van der Waals surface area (Å²) in [6.07, 6.45) is 7.93. The van der Waals surface area contributed by atoms with E-state index in [4.69, 9.17) is 11.6 Å². The molecule has 3 heteroatoms. The van der Waals surface area contributed by atoms with Gasteiger partial charge >= 0.3 is 0 Å². The second kappa shape index (κ2) is 5.86. The fourth-order valence-corrected chi connectivity index (χ4v) is 1.53. The molecule has 0 saturated heterocycles. The van der Waals surface area contributed by atoms with Crippen LogP contribution >= 0.6 is 11.6 Å². The maximum Gasteiger partial charge on any atom is 0.112 e. The molecule has 0 aromatic carbocycles. The Labute approximate surface area is 90.6 Å². The molecule has 0 atom stereocenters. The van der Waals surface area contributed by atoms with Gasteiger partial charge in [0.1, 0.15) is 5.82 Å². The summed E-state index contributed by atoms with van der Waals surface area (Å²) in [7, 11) is 0. The highest BCUT2D eigenvalue weighted by molar-refractivity contribution is 6.17. The van der Waals surface area contributed by atoms with Crippen LogP contribution in [0.1, 0.15) is 26.1 Å². The number of nitrogens with zero attached hydrogens (tertiary/aromatic N) is 2. The van der Waals surface area contributed by atoms with Crippen molar-refractivity contribution in [3.8, 4) is 0 Å². The van der Waals surface area contributed by atoms with Crippen molar-refractivity contribution in [1.82, 2.24) is 9.55 Å². The molecule has 78 valence electrons. The summed E-state index contributed by atoms with van der Waals surface area (Å²) >= 11 is 5.62. The highest BCUT2D eigenvalue weighted by Gasteiger charge is 2.01. The molecule has 0 radical (unpaired) electrons. The van der Waals surface area contributed by atoms with Crippen molar-refractivity contribution in [2.75, 3.05) is 5.88 Å². The number of aryl methyl sites for hydroxylation is 1. The minimum atomic E-state index is 0.694. The molecule has 0 aliphatic rings. The van der Waals surface area contributed by atoms with E-state index in [9.17, 15) is 0 Å². The van der Waals surface area contributed by atoms with Gasteiger partial charge in [0.15, 0.2) is 0 Å². The van der Waals surface area contributed by atoms with E-state index in [0.29, 0.717) is 5.88 Å². The van der Waals surface area contributed by atoms with Crippen LogP contribution in [-0.2, 0) is 13.0 Å². The summed E-state index contributed by atoms with van der Waals surface area (Å²) in [5, 5.41) is 0. The van der Waals surface area contributed by atoms with Gasteiger partial charge in [0, 0.05) is 31.2 Å². The third-order valence-electron chi connectivity index (χ3n) is 2.18. The Balaban J connectivity index is 2.59. The molecule has 1 heterocycles. The number of allylic oxidation sites excluding steroid dienone is 2. The van der Waals surface area contributed by atoms with Gasteiger partial charge in [0.05, 0.1) is 0 Å². The van der Waals surface area contributed by atoms with Crippen LogP contribution in [0.5, 0.6) is 0 Å². The third kappa shape index (κ3) is 3.18. The zero-order valence-corrected chi connectivity index (χ0v) is 9.59. The van der Waals surface area contributed by atoms with Gasteiger partial charge < -0.3 is 4.57 Å². The first-order valence-electron chi connectivity index (χ1n) is 4.99. The first-order chi connectivity index (χ1) is 6.77. The molecule has 1 aromatic rings. The number of imidazole rings is 1. The summed E-state index contributed by atoms with van der Waals surface area (Å²) in [5.74, 6) is 1.83. The van der Waals surface area contributed by atoms with E-state index < -0.39 is 0 Å². The molecule has 0 N–H and O–H groups in total. The molecule has 0 spiro atoms. The van der Waals surface area contributed by atoms with Crippen molar-refractivity contribution in [3.05, 3.63) is 29.9 Å². The summed E-state index contributed by atoms with van der Waals surface area (Å²) in [6.45, 7) is 5.24. The molecule has 0 bridgehead atoms. The standard InChI is InChI=1S/C11H17ClN2/c1-3-14-8-7-13-11(14)9-10(2)5-4-6-12/h5,7-8H,3-4,6,9H2,1-2H3. The molecule has 2 nitrogen and oxygen atoms in total. The summed E-state index contributed by atoms with van der Waals surface area (Å²) in [4.78, 5) is 4.32. The zero-order chi connectivity index (χ0) is 10.4. The first kappa shape index (κ1) is 11.3. The molecular weight excluding hydrogens is 196 g/mol. The lowest BCUT2D eigenvalue weighted by atomic mass is 10.2. The van der Waals surface area contributed by atoms with E-state index in [1.54, 1.807) is 0 Å². The Morgan fingerprint density at radius 1 is 1.64 bits per heavy atom. The largest absolute Gasteiger partial charge is 0.335 e. The second-order valence-electron chi connectivity index (χ2n) is 3.33. The van der Waals surface area contributed by atoms with Crippen LogP contribution in [-0.4, -0.2) is 15.4 Å². The smallest absolute Gasteiger partial charge is 0.112 e. The lowest BCUT2D eigenvalue weighted by molar-refractivity contribution is 0.709. The number of rotatable bonds is 5. The lowest BCUT2D eigenvalue weighted by Crippen LogP contribution is -2.01. The van der Waals surface area contributed by atoms with Crippen LogP contribution in [0.4, 0.5) is 0 Å². The minimum Gasteiger partial charge on any atom is -0.335 e. The molecule has 14 heavy (non-hydrogen) atoms. The third-order valence-corrected chi connectivity index (χ3v) is 2.40. The molecule has 0 aliphatic heterocycles. The van der Waals surface area contributed by atoms with E-state index in [2.05, 4.69) is 29.5 Å². The SMILES string of the molecule is CCn1ccnc1CC(C)=CCCCl. The maximum atomic E-state index is 5.62. The molecule has 0 unspecified atom stereocenters. The summed E-state index contributed by atoms with van der Waals surface area (Å²) in [6, 6.07) is 0. The molecule has 0 fully saturated rings. The van der Waals surface area contributed by atoms with Gasteiger partial charge in [-0.3, -0.25) is 0 Å². The van der Waals surface area contributed by atoms with Crippen molar-refractivity contribution >= 4 is 11.6 Å². The Hall–Kier alpha value is -0.760. The van der Waals surface area contributed by atoms with E-state index in [1.807, 2.05) is 12.4 Å². The number of halogens is 1. The fourth-order valence-electron chi connectivity index (χ4n) is 1.42. The van der Waals surface area contributed by atoms with Gasteiger partial charge in [-0.25, -0.2) is 4.98 Å². The van der Waals surface area contributed by atoms with Crippen molar-refractivity contribution < 1.29 is 0 Å².